The number of hydrogen-bond donors (Lipinski definition) is 1. The molecule has 3 heterocycles. The van der Waals surface area contributed by atoms with Crippen molar-refractivity contribution < 1.29 is 9.47 Å². The number of hydrogen-bond acceptors (Lipinski definition) is 5. The largest absolute Gasteiger partial charge is 0.381 e. The van der Waals surface area contributed by atoms with Crippen LogP contribution in [-0.4, -0.2) is 50.0 Å². The average Bonchev–Trinajstić information content (AvgIpc) is 2.56. The maximum atomic E-state index is 5.72. The minimum absolute atomic E-state index is 0.400. The summed E-state index contributed by atoms with van der Waals surface area (Å²) in [5, 5.41) is 3.59. The maximum absolute atomic E-state index is 5.72. The van der Waals surface area contributed by atoms with Gasteiger partial charge in [0.25, 0.3) is 0 Å². The zero-order valence-electron chi connectivity index (χ0n) is 12.8. The van der Waals surface area contributed by atoms with Crippen molar-refractivity contribution in [3.63, 3.8) is 0 Å². The van der Waals surface area contributed by atoms with E-state index in [0.717, 1.165) is 63.7 Å². The molecule has 2 saturated heterocycles. The predicted molar refractivity (Wildman–Crippen MR) is 83.9 cm³/mol. The average molecular weight is 291 g/mol. The van der Waals surface area contributed by atoms with E-state index in [2.05, 4.69) is 34.3 Å². The first-order valence-corrected chi connectivity index (χ1v) is 8.02. The molecule has 0 saturated carbocycles. The fraction of sp³-hybridized carbons (Fsp3) is 0.688. The quantitative estimate of drug-likeness (QED) is 0.922. The summed E-state index contributed by atoms with van der Waals surface area (Å²) in [6, 6.07) is 4.73. The smallest absolute Gasteiger partial charge is 0.128 e. The van der Waals surface area contributed by atoms with Crippen LogP contribution < -0.4 is 10.2 Å². The molecule has 1 N–H and O–H groups in total. The highest BCUT2D eigenvalue weighted by molar-refractivity contribution is 5.49. The topological polar surface area (TPSA) is 46.6 Å². The molecule has 5 nitrogen and oxygen atoms in total. The number of aromatic nitrogens is 1. The van der Waals surface area contributed by atoms with Crippen molar-refractivity contribution in [2.45, 2.75) is 38.3 Å². The lowest BCUT2D eigenvalue weighted by Crippen LogP contribution is -2.36. The Kier molecular flexibility index (Phi) is 4.93. The molecule has 0 aliphatic carbocycles. The summed E-state index contributed by atoms with van der Waals surface area (Å²) in [5.74, 6) is 1.04. The molecular formula is C16H25N3O2. The molecule has 2 fully saturated rings. The first-order chi connectivity index (χ1) is 10.3. The van der Waals surface area contributed by atoms with Crippen molar-refractivity contribution in [3.8, 4) is 0 Å². The minimum atomic E-state index is 0.400. The zero-order valence-corrected chi connectivity index (χ0v) is 12.8. The normalized spacial score (nSPS) is 26.6. The maximum Gasteiger partial charge on any atom is 0.128 e. The summed E-state index contributed by atoms with van der Waals surface area (Å²) in [6.45, 7) is 6.49. The van der Waals surface area contributed by atoms with E-state index in [9.17, 15) is 0 Å². The number of nitrogens with one attached hydrogen (secondary N) is 1. The van der Waals surface area contributed by atoms with Crippen LogP contribution in [-0.2, 0) is 9.47 Å². The first-order valence-electron chi connectivity index (χ1n) is 8.02. The molecule has 1 aromatic heterocycles. The molecule has 116 valence electrons. The molecule has 0 amide bonds. The first kappa shape index (κ1) is 14.6. The number of ether oxygens (including phenoxy) is 2. The van der Waals surface area contributed by atoms with Crippen molar-refractivity contribution >= 4 is 11.5 Å². The van der Waals surface area contributed by atoms with Crippen LogP contribution in [0, 0.1) is 0 Å². The lowest BCUT2D eigenvalue weighted by Gasteiger charge is -2.30. The lowest BCUT2D eigenvalue weighted by atomic mass is 10.0. The lowest BCUT2D eigenvalue weighted by molar-refractivity contribution is 0.00925. The molecule has 21 heavy (non-hydrogen) atoms. The Bertz CT molecular complexity index is 432. The Labute approximate surface area is 126 Å². The number of morpholine rings is 1. The molecule has 2 aliphatic rings. The van der Waals surface area contributed by atoms with Gasteiger partial charge in [-0.2, -0.15) is 0 Å². The fourth-order valence-electron chi connectivity index (χ4n) is 2.98. The Balaban J connectivity index is 1.56. The van der Waals surface area contributed by atoms with E-state index in [1.54, 1.807) is 0 Å². The molecule has 2 aliphatic heterocycles. The van der Waals surface area contributed by atoms with Crippen LogP contribution in [0.3, 0.4) is 0 Å². The molecule has 3 rings (SSSR count). The van der Waals surface area contributed by atoms with Crippen LogP contribution in [0.5, 0.6) is 0 Å². The Morgan fingerprint density at radius 1 is 1.29 bits per heavy atom. The molecular weight excluding hydrogens is 266 g/mol. The summed E-state index contributed by atoms with van der Waals surface area (Å²) in [6.07, 6.45) is 5.59. The van der Waals surface area contributed by atoms with Crippen molar-refractivity contribution in [1.82, 2.24) is 4.98 Å². The molecule has 0 aromatic carbocycles. The molecule has 1 aromatic rings. The minimum Gasteiger partial charge on any atom is -0.381 e. The van der Waals surface area contributed by atoms with Gasteiger partial charge in [-0.05, 0) is 31.4 Å². The number of rotatable bonds is 4. The highest BCUT2D eigenvalue weighted by atomic mass is 16.5. The summed E-state index contributed by atoms with van der Waals surface area (Å²) in [4.78, 5) is 6.86. The number of nitrogens with zero attached hydrogens (tertiary/aromatic N) is 2. The second kappa shape index (κ2) is 7.09. The van der Waals surface area contributed by atoms with Gasteiger partial charge >= 0.3 is 0 Å². The molecule has 5 heteroatoms. The van der Waals surface area contributed by atoms with Gasteiger partial charge in [-0.1, -0.05) is 6.92 Å². The predicted octanol–water partition coefficient (Wildman–Crippen LogP) is 2.29. The van der Waals surface area contributed by atoms with Crippen LogP contribution in [0.2, 0.25) is 0 Å². The SMILES string of the molecule is CCC1CC(Nc2ccc(N3CCOCC3)nc2)CCO1. The highest BCUT2D eigenvalue weighted by Crippen LogP contribution is 2.21. The standard InChI is InChI=1S/C16H25N3O2/c1-2-15-11-13(5-8-21-15)18-14-3-4-16(17-12-14)19-6-9-20-10-7-19/h3-4,12-13,15,18H,2,5-11H2,1H3. The molecule has 2 atom stereocenters. The molecule has 0 bridgehead atoms. The van der Waals surface area contributed by atoms with Crippen LogP contribution in [0.1, 0.15) is 26.2 Å². The summed E-state index contributed by atoms with van der Waals surface area (Å²) < 4.78 is 11.1. The van der Waals surface area contributed by atoms with Crippen LogP contribution in [0.15, 0.2) is 18.3 Å². The van der Waals surface area contributed by atoms with Gasteiger partial charge in [-0.3, -0.25) is 0 Å². The van der Waals surface area contributed by atoms with Gasteiger partial charge in [0.2, 0.25) is 0 Å². The van der Waals surface area contributed by atoms with Crippen molar-refractivity contribution in [3.05, 3.63) is 18.3 Å². The van der Waals surface area contributed by atoms with Crippen molar-refractivity contribution in [2.24, 2.45) is 0 Å². The van der Waals surface area contributed by atoms with Gasteiger partial charge in [0.05, 0.1) is 31.2 Å². The second-order valence-corrected chi connectivity index (χ2v) is 5.77. The van der Waals surface area contributed by atoms with Crippen LogP contribution >= 0.6 is 0 Å². The molecule has 0 spiro atoms. The van der Waals surface area contributed by atoms with E-state index in [4.69, 9.17) is 9.47 Å². The van der Waals surface area contributed by atoms with Gasteiger partial charge in [0, 0.05) is 25.7 Å². The Hall–Kier alpha value is -1.33. The van der Waals surface area contributed by atoms with Crippen LogP contribution in [0.4, 0.5) is 11.5 Å². The van der Waals surface area contributed by atoms with Gasteiger partial charge < -0.3 is 19.7 Å². The zero-order chi connectivity index (χ0) is 14.5. The molecule has 2 unspecified atom stereocenters. The highest BCUT2D eigenvalue weighted by Gasteiger charge is 2.21. The van der Waals surface area contributed by atoms with E-state index in [1.165, 1.54) is 0 Å². The third kappa shape index (κ3) is 3.86. The van der Waals surface area contributed by atoms with E-state index >= 15 is 0 Å². The third-order valence-corrected chi connectivity index (χ3v) is 4.28. The monoisotopic (exact) mass is 291 g/mol. The second-order valence-electron chi connectivity index (χ2n) is 5.77. The van der Waals surface area contributed by atoms with E-state index in [-0.39, 0.29) is 0 Å². The molecule has 0 radical (unpaired) electrons. The van der Waals surface area contributed by atoms with Gasteiger partial charge in [-0.25, -0.2) is 4.98 Å². The van der Waals surface area contributed by atoms with Crippen LogP contribution in [0.25, 0.3) is 0 Å². The van der Waals surface area contributed by atoms with Gasteiger partial charge in [-0.15, -0.1) is 0 Å². The van der Waals surface area contributed by atoms with Gasteiger partial charge in [0.15, 0.2) is 0 Å². The third-order valence-electron chi connectivity index (χ3n) is 4.28. The number of pyridine rings is 1. The summed E-state index contributed by atoms with van der Waals surface area (Å²) in [5.41, 5.74) is 1.11. The Morgan fingerprint density at radius 3 is 2.86 bits per heavy atom. The van der Waals surface area contributed by atoms with Crippen molar-refractivity contribution in [1.29, 1.82) is 0 Å². The van der Waals surface area contributed by atoms with E-state index in [0.29, 0.717) is 12.1 Å². The summed E-state index contributed by atoms with van der Waals surface area (Å²) in [7, 11) is 0. The number of anilines is 2. The summed E-state index contributed by atoms with van der Waals surface area (Å²) >= 11 is 0. The fourth-order valence-corrected chi connectivity index (χ4v) is 2.98. The van der Waals surface area contributed by atoms with Gasteiger partial charge in [0.1, 0.15) is 5.82 Å². The van der Waals surface area contributed by atoms with E-state index < -0.39 is 0 Å². The Morgan fingerprint density at radius 2 is 2.14 bits per heavy atom. The van der Waals surface area contributed by atoms with Crippen molar-refractivity contribution in [2.75, 3.05) is 43.1 Å². The van der Waals surface area contributed by atoms with E-state index in [1.807, 2.05) is 6.20 Å².